The van der Waals surface area contributed by atoms with Crippen LogP contribution in [0.3, 0.4) is 0 Å². The molecule has 0 atom stereocenters. The Kier molecular flexibility index (Phi) is 5.23. The van der Waals surface area contributed by atoms with Gasteiger partial charge in [0.15, 0.2) is 0 Å². The van der Waals surface area contributed by atoms with Crippen LogP contribution in [0.5, 0.6) is 0 Å². The minimum atomic E-state index is -0.194. The molecule has 0 radical (unpaired) electrons. The smallest absolute Gasteiger partial charge is 0.266 e. The number of para-hydroxylation sites is 2. The minimum Gasteiger partial charge on any atom is -0.268 e. The van der Waals surface area contributed by atoms with E-state index in [4.69, 9.17) is 34.8 Å². The van der Waals surface area contributed by atoms with E-state index in [0.717, 1.165) is 5.56 Å². The second-order valence-corrected chi connectivity index (χ2v) is 7.33. The molecular weight excluding hydrogens is 415 g/mol. The van der Waals surface area contributed by atoms with E-state index in [1.54, 1.807) is 54.6 Å². The van der Waals surface area contributed by atoms with Crippen molar-refractivity contribution in [1.29, 1.82) is 0 Å². The summed E-state index contributed by atoms with van der Waals surface area (Å²) in [6, 6.07) is 19.6. The summed E-state index contributed by atoms with van der Waals surface area (Å²) in [5.74, 6) is 0.447. The summed E-state index contributed by atoms with van der Waals surface area (Å²) in [6.07, 6.45) is 3.54. The molecular formula is C22H13Cl3N2O. The maximum atomic E-state index is 13.2. The summed E-state index contributed by atoms with van der Waals surface area (Å²) in [6.45, 7) is 0. The second-order valence-electron chi connectivity index (χ2n) is 6.08. The van der Waals surface area contributed by atoms with Crippen molar-refractivity contribution in [2.75, 3.05) is 0 Å². The summed E-state index contributed by atoms with van der Waals surface area (Å²) in [5, 5.41) is 2.04. The molecule has 0 spiro atoms. The highest BCUT2D eigenvalue weighted by Gasteiger charge is 2.13. The molecule has 28 heavy (non-hydrogen) atoms. The van der Waals surface area contributed by atoms with Gasteiger partial charge in [-0.2, -0.15) is 0 Å². The van der Waals surface area contributed by atoms with Crippen molar-refractivity contribution in [2.45, 2.75) is 0 Å². The Balaban J connectivity index is 1.96. The molecule has 0 aliphatic heterocycles. The molecule has 0 fully saturated rings. The normalized spacial score (nSPS) is 11.4. The van der Waals surface area contributed by atoms with Crippen LogP contribution in [0, 0.1) is 0 Å². The van der Waals surface area contributed by atoms with Crippen LogP contribution >= 0.6 is 34.8 Å². The van der Waals surface area contributed by atoms with Gasteiger partial charge in [0.05, 0.1) is 21.6 Å². The van der Waals surface area contributed by atoms with Gasteiger partial charge in [0.25, 0.3) is 5.56 Å². The molecule has 1 heterocycles. The van der Waals surface area contributed by atoms with E-state index < -0.39 is 0 Å². The molecule has 4 aromatic rings. The van der Waals surface area contributed by atoms with Crippen LogP contribution in [0.15, 0.2) is 71.5 Å². The summed E-state index contributed by atoms with van der Waals surface area (Å²) < 4.78 is 1.50. The number of nitrogens with zero attached hydrogens (tertiary/aromatic N) is 2. The summed E-state index contributed by atoms with van der Waals surface area (Å²) in [5.41, 5.74) is 1.74. The van der Waals surface area contributed by atoms with E-state index in [2.05, 4.69) is 4.98 Å². The van der Waals surface area contributed by atoms with E-state index in [0.29, 0.717) is 37.5 Å². The van der Waals surface area contributed by atoms with E-state index in [-0.39, 0.29) is 5.56 Å². The van der Waals surface area contributed by atoms with Gasteiger partial charge in [0.1, 0.15) is 5.82 Å². The lowest BCUT2D eigenvalue weighted by atomic mass is 10.2. The number of hydrogen-bond acceptors (Lipinski definition) is 2. The first-order valence-corrected chi connectivity index (χ1v) is 9.58. The number of benzene rings is 3. The van der Waals surface area contributed by atoms with Gasteiger partial charge in [-0.15, -0.1) is 0 Å². The van der Waals surface area contributed by atoms with E-state index in [1.807, 2.05) is 24.3 Å². The Hall–Kier alpha value is -2.59. The largest absolute Gasteiger partial charge is 0.268 e. The van der Waals surface area contributed by atoms with Crippen LogP contribution in [0.25, 0.3) is 28.7 Å². The minimum absolute atomic E-state index is 0.194. The Bertz CT molecular complexity index is 1280. The summed E-state index contributed by atoms with van der Waals surface area (Å²) in [4.78, 5) is 17.9. The first kappa shape index (κ1) is 18.8. The third-order valence-corrected chi connectivity index (χ3v) is 5.15. The maximum absolute atomic E-state index is 13.2. The number of hydrogen-bond donors (Lipinski definition) is 0. The van der Waals surface area contributed by atoms with Crippen molar-refractivity contribution >= 4 is 57.9 Å². The van der Waals surface area contributed by atoms with E-state index in [9.17, 15) is 4.79 Å². The number of rotatable bonds is 3. The van der Waals surface area contributed by atoms with Crippen molar-refractivity contribution in [3.8, 4) is 5.69 Å². The van der Waals surface area contributed by atoms with Gasteiger partial charge in [-0.1, -0.05) is 65.1 Å². The van der Waals surface area contributed by atoms with Crippen LogP contribution < -0.4 is 5.56 Å². The Morgan fingerprint density at radius 2 is 1.57 bits per heavy atom. The maximum Gasteiger partial charge on any atom is 0.266 e. The lowest BCUT2D eigenvalue weighted by Gasteiger charge is -2.12. The third kappa shape index (κ3) is 3.57. The molecule has 6 heteroatoms. The lowest BCUT2D eigenvalue weighted by molar-refractivity contribution is 0.944. The van der Waals surface area contributed by atoms with Gasteiger partial charge in [0.2, 0.25) is 0 Å². The van der Waals surface area contributed by atoms with E-state index in [1.165, 1.54) is 4.57 Å². The average Bonchev–Trinajstić information content (AvgIpc) is 2.68. The lowest BCUT2D eigenvalue weighted by Crippen LogP contribution is -2.22. The molecule has 0 bridgehead atoms. The fraction of sp³-hybridized carbons (Fsp3) is 0. The molecule has 0 saturated heterocycles. The first-order valence-electron chi connectivity index (χ1n) is 8.44. The zero-order chi connectivity index (χ0) is 19.7. The molecule has 138 valence electrons. The van der Waals surface area contributed by atoms with Gasteiger partial charge < -0.3 is 0 Å². The summed E-state index contributed by atoms with van der Waals surface area (Å²) in [7, 11) is 0. The predicted octanol–water partition coefficient (Wildman–Crippen LogP) is 6.52. The SMILES string of the molecule is O=c1c2ccccc2nc(/C=C/c2ccc(Cl)cc2Cl)n1-c1ccccc1Cl. The molecule has 3 aromatic carbocycles. The summed E-state index contributed by atoms with van der Waals surface area (Å²) >= 11 is 18.6. The average molecular weight is 428 g/mol. The van der Waals surface area contributed by atoms with Crippen molar-refractivity contribution < 1.29 is 0 Å². The number of halogens is 3. The molecule has 0 unspecified atom stereocenters. The molecule has 1 aromatic heterocycles. The second kappa shape index (κ2) is 7.80. The highest BCUT2D eigenvalue weighted by atomic mass is 35.5. The zero-order valence-corrected chi connectivity index (χ0v) is 16.7. The highest BCUT2D eigenvalue weighted by Crippen LogP contribution is 2.24. The van der Waals surface area contributed by atoms with Crippen molar-refractivity contribution in [1.82, 2.24) is 9.55 Å². The molecule has 3 nitrogen and oxygen atoms in total. The molecule has 0 N–H and O–H groups in total. The fourth-order valence-corrected chi connectivity index (χ4v) is 3.62. The number of aromatic nitrogens is 2. The predicted molar refractivity (Wildman–Crippen MR) is 118 cm³/mol. The molecule has 4 rings (SSSR count). The van der Waals surface area contributed by atoms with Crippen LogP contribution in [0.1, 0.15) is 11.4 Å². The quantitative estimate of drug-likeness (QED) is 0.373. The van der Waals surface area contributed by atoms with Gasteiger partial charge in [0, 0.05) is 10.0 Å². The van der Waals surface area contributed by atoms with Crippen LogP contribution in [-0.2, 0) is 0 Å². The standard InChI is InChI=1S/C22H13Cl3N2O/c23-15-11-9-14(18(25)13-15)10-12-21-26-19-7-3-1-5-16(19)22(28)27(21)20-8-4-2-6-17(20)24/h1-13H/b12-10+. The Morgan fingerprint density at radius 3 is 2.36 bits per heavy atom. The van der Waals surface area contributed by atoms with Gasteiger partial charge in [-0.3, -0.25) is 9.36 Å². The highest BCUT2D eigenvalue weighted by molar-refractivity contribution is 6.35. The van der Waals surface area contributed by atoms with Crippen LogP contribution in [-0.4, -0.2) is 9.55 Å². The van der Waals surface area contributed by atoms with Gasteiger partial charge in [-0.05, 0) is 54.1 Å². The topological polar surface area (TPSA) is 34.9 Å². The van der Waals surface area contributed by atoms with Crippen LogP contribution in [0.4, 0.5) is 0 Å². The molecule has 0 aliphatic carbocycles. The first-order chi connectivity index (χ1) is 13.5. The zero-order valence-electron chi connectivity index (χ0n) is 14.4. The Labute approximate surface area is 176 Å². The molecule has 0 aliphatic rings. The molecule has 0 amide bonds. The van der Waals surface area contributed by atoms with Gasteiger partial charge in [-0.25, -0.2) is 4.98 Å². The van der Waals surface area contributed by atoms with Crippen molar-refractivity contribution in [3.63, 3.8) is 0 Å². The van der Waals surface area contributed by atoms with Crippen molar-refractivity contribution in [2.24, 2.45) is 0 Å². The third-order valence-electron chi connectivity index (χ3n) is 4.27. The van der Waals surface area contributed by atoms with Crippen molar-refractivity contribution in [3.05, 3.63) is 104 Å². The molecule has 0 saturated carbocycles. The Morgan fingerprint density at radius 1 is 0.821 bits per heavy atom. The van der Waals surface area contributed by atoms with Crippen LogP contribution in [0.2, 0.25) is 15.1 Å². The fourth-order valence-electron chi connectivity index (χ4n) is 2.93. The van der Waals surface area contributed by atoms with E-state index >= 15 is 0 Å². The monoisotopic (exact) mass is 426 g/mol. The van der Waals surface area contributed by atoms with Gasteiger partial charge >= 0.3 is 0 Å². The number of fused-ring (bicyclic) bond motifs is 1.